The minimum atomic E-state index is 0.168. The van der Waals surface area contributed by atoms with E-state index in [4.69, 9.17) is 4.74 Å². The van der Waals surface area contributed by atoms with E-state index in [0.29, 0.717) is 6.61 Å². The van der Waals surface area contributed by atoms with Gasteiger partial charge in [0.25, 0.3) is 0 Å². The van der Waals surface area contributed by atoms with Crippen LogP contribution in [-0.2, 0) is 0 Å². The normalized spacial score (nSPS) is 11.9. The van der Waals surface area contributed by atoms with Gasteiger partial charge in [0.05, 0.1) is 12.6 Å². The molecular formula is C16H19BrN2O. The van der Waals surface area contributed by atoms with Gasteiger partial charge in [0.15, 0.2) is 11.6 Å². The number of hydrogen-bond donors (Lipinski definition) is 1. The number of hydrogen-bond acceptors (Lipinski definition) is 3. The lowest BCUT2D eigenvalue weighted by atomic mass is 10.1. The van der Waals surface area contributed by atoms with Gasteiger partial charge in [-0.1, -0.05) is 35.0 Å². The number of ether oxygens (including phenoxy) is 1. The standard InChI is InChI=1S/C16H19BrN2O/c1-3-11-20-15-5-4-10-18-16(15)19-12(2)13-6-8-14(17)9-7-13/h4-10,12H,3,11H2,1-2H3,(H,18,19). The van der Waals surface area contributed by atoms with Crippen molar-refractivity contribution in [3.8, 4) is 5.75 Å². The molecular weight excluding hydrogens is 316 g/mol. The van der Waals surface area contributed by atoms with Gasteiger partial charge in [-0.2, -0.15) is 0 Å². The Morgan fingerprint density at radius 3 is 2.70 bits per heavy atom. The molecule has 1 aromatic carbocycles. The van der Waals surface area contributed by atoms with Crippen LogP contribution in [0.15, 0.2) is 47.1 Å². The van der Waals surface area contributed by atoms with Crippen LogP contribution in [0.2, 0.25) is 0 Å². The van der Waals surface area contributed by atoms with E-state index in [1.165, 1.54) is 5.56 Å². The summed E-state index contributed by atoms with van der Waals surface area (Å²) >= 11 is 3.45. The molecule has 1 N–H and O–H groups in total. The number of rotatable bonds is 6. The number of halogens is 1. The second-order valence-electron chi connectivity index (χ2n) is 4.62. The molecule has 0 radical (unpaired) electrons. The fraction of sp³-hybridized carbons (Fsp3) is 0.312. The van der Waals surface area contributed by atoms with Crippen LogP contribution >= 0.6 is 15.9 Å². The van der Waals surface area contributed by atoms with Crippen LogP contribution in [0.5, 0.6) is 5.75 Å². The number of nitrogens with zero attached hydrogens (tertiary/aromatic N) is 1. The first-order valence-electron chi connectivity index (χ1n) is 6.80. The Labute approximate surface area is 128 Å². The molecule has 0 saturated carbocycles. The summed E-state index contributed by atoms with van der Waals surface area (Å²) in [7, 11) is 0. The first kappa shape index (κ1) is 14.9. The third kappa shape index (κ3) is 3.97. The SMILES string of the molecule is CCCOc1cccnc1NC(C)c1ccc(Br)cc1. The molecule has 0 spiro atoms. The molecule has 106 valence electrons. The van der Waals surface area contributed by atoms with Crippen molar-refractivity contribution in [2.75, 3.05) is 11.9 Å². The molecule has 4 heteroatoms. The number of aromatic nitrogens is 1. The fourth-order valence-electron chi connectivity index (χ4n) is 1.87. The van der Waals surface area contributed by atoms with Gasteiger partial charge in [0.2, 0.25) is 0 Å². The molecule has 0 aliphatic carbocycles. The maximum absolute atomic E-state index is 5.71. The maximum Gasteiger partial charge on any atom is 0.169 e. The average molecular weight is 335 g/mol. The summed E-state index contributed by atoms with van der Waals surface area (Å²) in [4.78, 5) is 4.37. The van der Waals surface area contributed by atoms with E-state index >= 15 is 0 Å². The zero-order valence-corrected chi connectivity index (χ0v) is 13.4. The second-order valence-corrected chi connectivity index (χ2v) is 5.53. The van der Waals surface area contributed by atoms with Crippen LogP contribution in [0, 0.1) is 0 Å². The molecule has 1 heterocycles. The molecule has 0 aliphatic rings. The maximum atomic E-state index is 5.71. The lowest BCUT2D eigenvalue weighted by Crippen LogP contribution is -2.09. The monoisotopic (exact) mass is 334 g/mol. The highest BCUT2D eigenvalue weighted by molar-refractivity contribution is 9.10. The fourth-order valence-corrected chi connectivity index (χ4v) is 2.13. The van der Waals surface area contributed by atoms with Gasteiger partial charge in [-0.05, 0) is 43.2 Å². The minimum absolute atomic E-state index is 0.168. The Bertz CT molecular complexity index is 542. The van der Waals surface area contributed by atoms with E-state index in [9.17, 15) is 0 Å². The average Bonchev–Trinajstić information content (AvgIpc) is 2.47. The summed E-state index contributed by atoms with van der Waals surface area (Å²) < 4.78 is 6.79. The molecule has 20 heavy (non-hydrogen) atoms. The summed E-state index contributed by atoms with van der Waals surface area (Å²) in [5.41, 5.74) is 1.21. The number of anilines is 1. The Kier molecular flexibility index (Phi) is 5.41. The molecule has 2 rings (SSSR count). The van der Waals surface area contributed by atoms with Crippen molar-refractivity contribution >= 4 is 21.7 Å². The van der Waals surface area contributed by atoms with Gasteiger partial charge in [-0.25, -0.2) is 4.98 Å². The molecule has 0 amide bonds. The lowest BCUT2D eigenvalue weighted by molar-refractivity contribution is 0.317. The van der Waals surface area contributed by atoms with Gasteiger partial charge >= 0.3 is 0 Å². The molecule has 0 saturated heterocycles. The first-order valence-corrected chi connectivity index (χ1v) is 7.60. The van der Waals surface area contributed by atoms with E-state index in [0.717, 1.165) is 22.5 Å². The lowest BCUT2D eigenvalue weighted by Gasteiger charge is -2.17. The topological polar surface area (TPSA) is 34.1 Å². The Morgan fingerprint density at radius 1 is 1.25 bits per heavy atom. The smallest absolute Gasteiger partial charge is 0.169 e. The number of benzene rings is 1. The van der Waals surface area contributed by atoms with Crippen LogP contribution in [0.1, 0.15) is 31.9 Å². The van der Waals surface area contributed by atoms with Crippen molar-refractivity contribution in [3.05, 3.63) is 52.6 Å². The molecule has 1 aromatic heterocycles. The predicted molar refractivity (Wildman–Crippen MR) is 86.2 cm³/mol. The Hall–Kier alpha value is -1.55. The van der Waals surface area contributed by atoms with Crippen LogP contribution < -0.4 is 10.1 Å². The van der Waals surface area contributed by atoms with Gasteiger partial charge in [0.1, 0.15) is 0 Å². The van der Waals surface area contributed by atoms with E-state index in [1.807, 2.05) is 24.3 Å². The Balaban J connectivity index is 2.10. The largest absolute Gasteiger partial charge is 0.490 e. The molecule has 1 unspecified atom stereocenters. The number of pyridine rings is 1. The summed E-state index contributed by atoms with van der Waals surface area (Å²) in [6.07, 6.45) is 2.76. The Morgan fingerprint density at radius 2 is 2.00 bits per heavy atom. The van der Waals surface area contributed by atoms with Crippen LogP contribution in [-0.4, -0.2) is 11.6 Å². The zero-order chi connectivity index (χ0) is 14.4. The quantitative estimate of drug-likeness (QED) is 0.823. The van der Waals surface area contributed by atoms with Gasteiger partial charge < -0.3 is 10.1 Å². The minimum Gasteiger partial charge on any atom is -0.490 e. The van der Waals surface area contributed by atoms with Crippen LogP contribution in [0.4, 0.5) is 5.82 Å². The van der Waals surface area contributed by atoms with E-state index < -0.39 is 0 Å². The second kappa shape index (κ2) is 7.29. The summed E-state index contributed by atoms with van der Waals surface area (Å²) in [6, 6.07) is 12.3. The van der Waals surface area contributed by atoms with E-state index in [-0.39, 0.29) is 6.04 Å². The zero-order valence-electron chi connectivity index (χ0n) is 11.8. The van der Waals surface area contributed by atoms with Crippen LogP contribution in [0.25, 0.3) is 0 Å². The molecule has 1 atom stereocenters. The van der Waals surface area contributed by atoms with Crippen molar-refractivity contribution in [1.29, 1.82) is 0 Å². The van der Waals surface area contributed by atoms with E-state index in [1.54, 1.807) is 6.20 Å². The predicted octanol–water partition coefficient (Wildman–Crippen LogP) is 4.81. The van der Waals surface area contributed by atoms with E-state index in [2.05, 4.69) is 52.2 Å². The molecule has 0 bridgehead atoms. The molecule has 3 nitrogen and oxygen atoms in total. The third-order valence-corrected chi connectivity index (χ3v) is 3.48. The highest BCUT2D eigenvalue weighted by Gasteiger charge is 2.10. The van der Waals surface area contributed by atoms with Crippen molar-refractivity contribution in [2.45, 2.75) is 26.3 Å². The van der Waals surface area contributed by atoms with Crippen molar-refractivity contribution < 1.29 is 4.74 Å². The molecule has 0 aliphatic heterocycles. The van der Waals surface area contributed by atoms with Crippen molar-refractivity contribution in [3.63, 3.8) is 0 Å². The highest BCUT2D eigenvalue weighted by atomic mass is 79.9. The number of nitrogens with one attached hydrogen (secondary N) is 1. The third-order valence-electron chi connectivity index (χ3n) is 2.96. The van der Waals surface area contributed by atoms with Crippen LogP contribution in [0.3, 0.4) is 0 Å². The molecule has 2 aromatic rings. The first-order chi connectivity index (χ1) is 9.70. The summed E-state index contributed by atoms with van der Waals surface area (Å²) in [5, 5.41) is 3.40. The van der Waals surface area contributed by atoms with Gasteiger partial charge in [-0.3, -0.25) is 0 Å². The van der Waals surface area contributed by atoms with Gasteiger partial charge in [0, 0.05) is 10.7 Å². The van der Waals surface area contributed by atoms with Crippen molar-refractivity contribution in [2.24, 2.45) is 0 Å². The molecule has 0 fully saturated rings. The highest BCUT2D eigenvalue weighted by Crippen LogP contribution is 2.26. The van der Waals surface area contributed by atoms with Gasteiger partial charge in [-0.15, -0.1) is 0 Å². The summed E-state index contributed by atoms with van der Waals surface area (Å²) in [6.45, 7) is 4.91. The van der Waals surface area contributed by atoms with Crippen molar-refractivity contribution in [1.82, 2.24) is 4.98 Å². The summed E-state index contributed by atoms with van der Waals surface area (Å²) in [5.74, 6) is 1.59.